The summed E-state index contributed by atoms with van der Waals surface area (Å²) in [6.07, 6.45) is 68.9. The molecule has 0 aliphatic heterocycles. The van der Waals surface area contributed by atoms with Gasteiger partial charge in [0.1, 0.15) is 19.3 Å². The molecule has 0 heterocycles. The number of ether oxygens (including phenoxy) is 4. The minimum absolute atomic E-state index is 0.0847. The first-order valence-electron chi connectivity index (χ1n) is 42.8. The van der Waals surface area contributed by atoms with Crippen molar-refractivity contribution >= 4 is 39.5 Å². The Morgan fingerprint density at radius 1 is 0.301 bits per heavy atom. The highest BCUT2D eigenvalue weighted by atomic mass is 31.2. The summed E-state index contributed by atoms with van der Waals surface area (Å²) in [5, 5.41) is 10.7. The number of carbonyl (C=O) groups excluding carboxylic acids is 4. The zero-order valence-electron chi connectivity index (χ0n) is 67.1. The largest absolute Gasteiger partial charge is 0.472 e. The molecule has 19 heteroatoms. The number of unbranched alkanes of at least 4 members (excludes halogenated alkanes) is 48. The molecule has 0 aliphatic carbocycles. The van der Waals surface area contributed by atoms with Gasteiger partial charge in [0.2, 0.25) is 0 Å². The molecule has 0 fully saturated rings. The number of phosphoric acid groups is 2. The first-order valence-corrected chi connectivity index (χ1v) is 45.8. The van der Waals surface area contributed by atoms with E-state index in [1.54, 1.807) is 0 Å². The molecule has 5 atom stereocenters. The Bertz CT molecular complexity index is 2070. The number of carbonyl (C=O) groups is 4. The van der Waals surface area contributed by atoms with Gasteiger partial charge in [-0.1, -0.05) is 368 Å². The maximum Gasteiger partial charge on any atom is 0.472 e. The second-order valence-electron chi connectivity index (χ2n) is 30.5. The van der Waals surface area contributed by atoms with Crippen LogP contribution in [0, 0.1) is 11.8 Å². The molecule has 0 radical (unpaired) electrons. The Morgan fingerprint density at radius 3 is 0.796 bits per heavy atom. The lowest BCUT2D eigenvalue weighted by Crippen LogP contribution is -2.30. The Hall–Kier alpha value is -2.46. The van der Waals surface area contributed by atoms with Crippen LogP contribution in [0.2, 0.25) is 0 Å². The van der Waals surface area contributed by atoms with Gasteiger partial charge in [-0.2, -0.15) is 0 Å². The smallest absolute Gasteiger partial charge is 0.462 e. The maximum atomic E-state index is 13.1. The van der Waals surface area contributed by atoms with E-state index in [0.29, 0.717) is 25.7 Å². The molecule has 2 unspecified atom stereocenters. The summed E-state index contributed by atoms with van der Waals surface area (Å²) in [5.41, 5.74) is 0. The fourth-order valence-electron chi connectivity index (χ4n) is 12.5. The van der Waals surface area contributed by atoms with Gasteiger partial charge >= 0.3 is 39.5 Å². The van der Waals surface area contributed by atoms with Crippen LogP contribution < -0.4 is 0 Å². The van der Waals surface area contributed by atoms with Gasteiger partial charge in [-0.3, -0.25) is 37.3 Å². The van der Waals surface area contributed by atoms with Gasteiger partial charge < -0.3 is 33.8 Å². The molecule has 0 spiro atoms. The second-order valence-corrected chi connectivity index (χ2v) is 33.4. The fourth-order valence-corrected chi connectivity index (χ4v) is 14.1. The zero-order valence-corrected chi connectivity index (χ0v) is 68.9. The van der Waals surface area contributed by atoms with Crippen LogP contribution in [-0.4, -0.2) is 96.7 Å². The topological polar surface area (TPSA) is 237 Å². The van der Waals surface area contributed by atoms with Crippen LogP contribution in [0.5, 0.6) is 0 Å². The third-order valence-corrected chi connectivity index (χ3v) is 21.0. The zero-order chi connectivity index (χ0) is 75.6. The highest BCUT2D eigenvalue weighted by Gasteiger charge is 2.30. The number of aliphatic hydroxyl groups excluding tert-OH is 1. The summed E-state index contributed by atoms with van der Waals surface area (Å²) in [6, 6.07) is 0. The lowest BCUT2D eigenvalue weighted by molar-refractivity contribution is -0.161. The van der Waals surface area contributed by atoms with Crippen molar-refractivity contribution in [2.45, 2.75) is 439 Å². The molecule has 0 saturated carbocycles. The summed E-state index contributed by atoms with van der Waals surface area (Å²) in [7, 11) is -9.94. The standard InChI is InChI=1S/C84H160O17P2/c1-7-9-11-13-15-17-19-21-23-24-25-26-30-35-39-43-51-57-63-69-83(88)100-79(72-94-81(86)66-60-54-48-41-37-33-31-27-29-32-36-40-46-52-58-64-76(3)4)74-98-102(90,91)96-70-78(85)71-97-103(92,93)99-75-80(73-95-82(87)67-61-55-49-45-44-47-53-59-65-77(5)6)101-84(89)68-62-56-50-42-38-34-28-22-20-18-16-14-12-10-8-2/h18,20,22,28,76-80,85H,7-17,19,21,23-27,29-75H2,1-6H3,(H,90,91)(H,92,93)/b20-18-,28-22-/t78-,79-,80-/m1/s1. The van der Waals surface area contributed by atoms with E-state index in [2.05, 4.69) is 65.8 Å². The van der Waals surface area contributed by atoms with Gasteiger partial charge in [-0.15, -0.1) is 0 Å². The van der Waals surface area contributed by atoms with Crippen LogP contribution >= 0.6 is 15.6 Å². The second kappa shape index (κ2) is 75.0. The summed E-state index contributed by atoms with van der Waals surface area (Å²) in [6.45, 7) is 9.58. The van der Waals surface area contributed by atoms with Gasteiger partial charge in [0.05, 0.1) is 26.4 Å². The molecule has 0 amide bonds. The Labute approximate surface area is 631 Å². The van der Waals surface area contributed by atoms with Gasteiger partial charge in [0, 0.05) is 25.7 Å². The molecule has 0 saturated heterocycles. The Morgan fingerprint density at radius 2 is 0.524 bits per heavy atom. The van der Waals surface area contributed by atoms with Crippen LogP contribution in [0.15, 0.2) is 24.3 Å². The molecular formula is C84H160O17P2. The number of hydrogen-bond acceptors (Lipinski definition) is 15. The Balaban J connectivity index is 5.28. The average molecular weight is 1500 g/mol. The van der Waals surface area contributed by atoms with Crippen molar-refractivity contribution in [2.75, 3.05) is 39.6 Å². The van der Waals surface area contributed by atoms with Crippen molar-refractivity contribution in [1.82, 2.24) is 0 Å². The highest BCUT2D eigenvalue weighted by Crippen LogP contribution is 2.45. The van der Waals surface area contributed by atoms with E-state index in [9.17, 15) is 43.2 Å². The van der Waals surface area contributed by atoms with E-state index in [-0.39, 0.29) is 25.7 Å². The van der Waals surface area contributed by atoms with Gasteiger partial charge in [0.25, 0.3) is 0 Å². The summed E-state index contributed by atoms with van der Waals surface area (Å²) in [5.74, 6) is -0.608. The number of phosphoric ester groups is 2. The van der Waals surface area contributed by atoms with E-state index in [4.69, 9.17) is 37.0 Å². The lowest BCUT2D eigenvalue weighted by Gasteiger charge is -2.21. The first kappa shape index (κ1) is 101. The minimum atomic E-state index is -4.97. The van der Waals surface area contributed by atoms with Crippen molar-refractivity contribution in [1.29, 1.82) is 0 Å². The van der Waals surface area contributed by atoms with E-state index >= 15 is 0 Å². The van der Waals surface area contributed by atoms with Crippen LogP contribution in [0.25, 0.3) is 0 Å². The third kappa shape index (κ3) is 77.5. The van der Waals surface area contributed by atoms with Crippen molar-refractivity contribution < 1.29 is 80.2 Å². The quantitative estimate of drug-likeness (QED) is 0.0169. The molecule has 0 aromatic rings. The molecule has 103 heavy (non-hydrogen) atoms. The molecule has 0 aromatic heterocycles. The normalized spacial score (nSPS) is 14.0. The van der Waals surface area contributed by atoms with E-state index < -0.39 is 97.5 Å². The number of hydrogen-bond donors (Lipinski definition) is 3. The SMILES string of the molecule is CCCCCC/C=C\C=C/CCCCCCCC(=O)O[C@H](COC(=O)CCCCCCCCCCC(C)C)COP(=O)(O)OC[C@H](O)COP(=O)(O)OC[C@@H](COC(=O)CCCCCCCCCCCCCCCCCC(C)C)OC(=O)CCCCCCCCCCCCCCCCCCCCC. The third-order valence-electron chi connectivity index (χ3n) is 19.1. The van der Waals surface area contributed by atoms with Crippen LogP contribution in [-0.2, 0) is 65.4 Å². The highest BCUT2D eigenvalue weighted by molar-refractivity contribution is 7.47. The predicted octanol–water partition coefficient (Wildman–Crippen LogP) is 25.0. The van der Waals surface area contributed by atoms with Crippen LogP contribution in [0.1, 0.15) is 420 Å². The summed E-state index contributed by atoms with van der Waals surface area (Å²) < 4.78 is 68.8. The number of esters is 4. The van der Waals surface area contributed by atoms with Crippen molar-refractivity contribution in [3.8, 4) is 0 Å². The van der Waals surface area contributed by atoms with Crippen LogP contribution in [0.4, 0.5) is 0 Å². The molecule has 0 aromatic carbocycles. The number of rotatable bonds is 81. The molecule has 608 valence electrons. The predicted molar refractivity (Wildman–Crippen MR) is 423 cm³/mol. The maximum absolute atomic E-state index is 13.1. The van der Waals surface area contributed by atoms with Crippen molar-refractivity contribution in [3.05, 3.63) is 24.3 Å². The molecule has 0 aliphatic rings. The molecule has 0 rings (SSSR count). The molecular weight excluding hydrogens is 1340 g/mol. The van der Waals surface area contributed by atoms with Gasteiger partial charge in [-0.05, 0) is 63.2 Å². The van der Waals surface area contributed by atoms with Gasteiger partial charge in [0.15, 0.2) is 12.2 Å². The molecule has 0 bridgehead atoms. The van der Waals surface area contributed by atoms with Gasteiger partial charge in [-0.25, -0.2) is 9.13 Å². The number of allylic oxidation sites excluding steroid dienone is 4. The van der Waals surface area contributed by atoms with Crippen LogP contribution in [0.3, 0.4) is 0 Å². The first-order chi connectivity index (χ1) is 49.9. The molecule has 17 nitrogen and oxygen atoms in total. The Kier molecular flexibility index (Phi) is 73.2. The number of aliphatic hydroxyl groups is 1. The fraction of sp³-hybridized carbons (Fsp3) is 0.905. The van der Waals surface area contributed by atoms with Crippen molar-refractivity contribution in [3.63, 3.8) is 0 Å². The summed E-state index contributed by atoms with van der Waals surface area (Å²) >= 11 is 0. The monoisotopic (exact) mass is 1500 g/mol. The minimum Gasteiger partial charge on any atom is -0.462 e. The molecule has 3 N–H and O–H groups in total. The summed E-state index contributed by atoms with van der Waals surface area (Å²) in [4.78, 5) is 73.1. The van der Waals surface area contributed by atoms with E-state index in [1.165, 1.54) is 218 Å². The lowest BCUT2D eigenvalue weighted by atomic mass is 10.0. The van der Waals surface area contributed by atoms with E-state index in [1.807, 2.05) is 0 Å². The average Bonchev–Trinajstić information content (AvgIpc) is 0.916. The van der Waals surface area contributed by atoms with E-state index in [0.717, 1.165) is 121 Å². The van der Waals surface area contributed by atoms with Crippen molar-refractivity contribution in [2.24, 2.45) is 11.8 Å².